The highest BCUT2D eigenvalue weighted by atomic mass is 17.2. The largest absolute Gasteiger partial charge is 0.399 e. The smallest absolute Gasteiger partial charge is 0.189 e. The molecular formula is C18H17N3O3. The number of nitrogens with zero attached hydrogens (tertiary/aromatic N) is 1. The van der Waals surface area contributed by atoms with Gasteiger partial charge in [-0.3, -0.25) is 0 Å². The molecule has 1 aromatic heterocycles. The molecule has 0 fully saturated rings. The van der Waals surface area contributed by atoms with Gasteiger partial charge in [0, 0.05) is 23.0 Å². The van der Waals surface area contributed by atoms with Crippen molar-refractivity contribution in [2.75, 3.05) is 18.3 Å². The molecular weight excluding hydrogens is 306 g/mol. The summed E-state index contributed by atoms with van der Waals surface area (Å²) < 4.78 is 0. The average molecular weight is 323 g/mol. The topological polar surface area (TPSA) is 104 Å². The summed E-state index contributed by atoms with van der Waals surface area (Å²) in [5, 5.41) is 8.65. The minimum Gasteiger partial charge on any atom is -0.399 e. The fraction of sp³-hybridized carbons (Fsp3) is 0.0556. The summed E-state index contributed by atoms with van der Waals surface area (Å²) in [5.41, 5.74) is 16.0. The predicted molar refractivity (Wildman–Crippen MR) is 92.7 cm³/mol. The van der Waals surface area contributed by atoms with E-state index in [1.807, 2.05) is 42.5 Å². The Balaban J connectivity index is 1.98. The standard InChI is InChI=1S/C18H17N3O3/c19-15-6-4-12(5-7-15)17-9-14(10-21-18(17)20)13-2-1-3-16(8-13)24-23-11-22/h1-10,22H,11,19H2,(H2,20,21). The monoisotopic (exact) mass is 323 g/mol. The Morgan fingerprint density at radius 1 is 0.917 bits per heavy atom. The zero-order chi connectivity index (χ0) is 16.9. The van der Waals surface area contributed by atoms with E-state index >= 15 is 0 Å². The van der Waals surface area contributed by atoms with Gasteiger partial charge in [-0.1, -0.05) is 24.3 Å². The van der Waals surface area contributed by atoms with Crippen LogP contribution in [0.5, 0.6) is 5.75 Å². The summed E-state index contributed by atoms with van der Waals surface area (Å²) in [6, 6.07) is 16.7. The van der Waals surface area contributed by atoms with Crippen LogP contribution >= 0.6 is 0 Å². The minimum absolute atomic E-state index is 0.444. The van der Waals surface area contributed by atoms with E-state index in [1.54, 1.807) is 18.3 Å². The highest BCUT2D eigenvalue weighted by Crippen LogP contribution is 2.31. The molecule has 24 heavy (non-hydrogen) atoms. The zero-order valence-corrected chi connectivity index (χ0v) is 12.8. The second kappa shape index (κ2) is 6.99. The van der Waals surface area contributed by atoms with Gasteiger partial charge in [0.2, 0.25) is 0 Å². The van der Waals surface area contributed by atoms with Crippen LogP contribution < -0.4 is 16.4 Å². The molecule has 0 bridgehead atoms. The number of nitrogens with two attached hydrogens (primary N) is 2. The van der Waals surface area contributed by atoms with Gasteiger partial charge in [0.15, 0.2) is 12.5 Å². The maximum atomic E-state index is 8.65. The summed E-state index contributed by atoms with van der Waals surface area (Å²) in [7, 11) is 0. The van der Waals surface area contributed by atoms with Crippen molar-refractivity contribution in [3.63, 3.8) is 0 Å². The zero-order valence-electron chi connectivity index (χ0n) is 12.8. The molecule has 0 aliphatic heterocycles. The van der Waals surface area contributed by atoms with Gasteiger partial charge in [-0.15, -0.1) is 0 Å². The first-order valence-corrected chi connectivity index (χ1v) is 7.29. The summed E-state index contributed by atoms with van der Waals surface area (Å²) in [6.45, 7) is -0.519. The number of aliphatic hydroxyl groups is 1. The molecule has 1 heterocycles. The minimum atomic E-state index is -0.519. The third-order valence-corrected chi connectivity index (χ3v) is 3.52. The predicted octanol–water partition coefficient (Wildman–Crippen LogP) is 2.84. The molecule has 0 atom stereocenters. The van der Waals surface area contributed by atoms with Gasteiger partial charge < -0.3 is 21.5 Å². The molecule has 0 spiro atoms. The fourth-order valence-corrected chi connectivity index (χ4v) is 2.35. The Morgan fingerprint density at radius 2 is 1.71 bits per heavy atom. The number of pyridine rings is 1. The molecule has 6 nitrogen and oxygen atoms in total. The number of hydrogen-bond acceptors (Lipinski definition) is 6. The van der Waals surface area contributed by atoms with E-state index in [9.17, 15) is 0 Å². The normalized spacial score (nSPS) is 10.5. The van der Waals surface area contributed by atoms with Crippen molar-refractivity contribution in [2.45, 2.75) is 0 Å². The molecule has 3 rings (SSSR count). The van der Waals surface area contributed by atoms with Gasteiger partial charge in [-0.2, -0.15) is 4.89 Å². The maximum absolute atomic E-state index is 8.65. The number of benzene rings is 2. The first-order chi connectivity index (χ1) is 11.7. The number of aromatic nitrogens is 1. The first kappa shape index (κ1) is 15.8. The van der Waals surface area contributed by atoms with E-state index < -0.39 is 6.79 Å². The molecule has 2 aromatic carbocycles. The Hall–Kier alpha value is -3.09. The molecule has 6 heteroatoms. The molecule has 0 radical (unpaired) electrons. The van der Waals surface area contributed by atoms with Crippen molar-refractivity contribution in [1.29, 1.82) is 0 Å². The van der Waals surface area contributed by atoms with Crippen molar-refractivity contribution in [3.8, 4) is 28.0 Å². The first-order valence-electron chi connectivity index (χ1n) is 7.29. The van der Waals surface area contributed by atoms with E-state index in [-0.39, 0.29) is 0 Å². The Bertz CT molecular complexity index is 835. The second-order valence-corrected chi connectivity index (χ2v) is 5.14. The lowest BCUT2D eigenvalue weighted by atomic mass is 10.0. The lowest BCUT2D eigenvalue weighted by Gasteiger charge is -2.10. The van der Waals surface area contributed by atoms with Crippen LogP contribution in [0, 0.1) is 0 Å². The summed E-state index contributed by atoms with van der Waals surface area (Å²) >= 11 is 0. The van der Waals surface area contributed by atoms with E-state index in [1.165, 1.54) is 0 Å². The van der Waals surface area contributed by atoms with Crippen LogP contribution in [0.25, 0.3) is 22.3 Å². The summed E-state index contributed by atoms with van der Waals surface area (Å²) in [4.78, 5) is 13.8. The average Bonchev–Trinajstić information content (AvgIpc) is 2.61. The van der Waals surface area contributed by atoms with Crippen molar-refractivity contribution >= 4 is 11.5 Å². The molecule has 3 aromatic rings. The fourth-order valence-electron chi connectivity index (χ4n) is 2.35. The van der Waals surface area contributed by atoms with Gasteiger partial charge in [0.1, 0.15) is 5.82 Å². The highest BCUT2D eigenvalue weighted by molar-refractivity contribution is 5.80. The summed E-state index contributed by atoms with van der Waals surface area (Å²) in [5.74, 6) is 0.923. The van der Waals surface area contributed by atoms with Crippen molar-refractivity contribution in [1.82, 2.24) is 4.98 Å². The lowest BCUT2D eigenvalue weighted by molar-refractivity contribution is -0.253. The van der Waals surface area contributed by atoms with Gasteiger partial charge in [-0.05, 0) is 41.5 Å². The van der Waals surface area contributed by atoms with Crippen molar-refractivity contribution in [2.24, 2.45) is 0 Å². The molecule has 0 saturated heterocycles. The van der Waals surface area contributed by atoms with Crippen LogP contribution in [0.3, 0.4) is 0 Å². The van der Waals surface area contributed by atoms with Gasteiger partial charge in [0.05, 0.1) is 0 Å². The number of hydrogen-bond donors (Lipinski definition) is 3. The Labute approximate surface area is 139 Å². The van der Waals surface area contributed by atoms with E-state index in [2.05, 4.69) is 9.87 Å². The van der Waals surface area contributed by atoms with E-state index in [4.69, 9.17) is 21.5 Å². The van der Waals surface area contributed by atoms with Crippen LogP contribution in [-0.2, 0) is 4.89 Å². The Morgan fingerprint density at radius 3 is 2.46 bits per heavy atom. The van der Waals surface area contributed by atoms with Crippen molar-refractivity contribution in [3.05, 3.63) is 60.8 Å². The van der Waals surface area contributed by atoms with Gasteiger partial charge >= 0.3 is 0 Å². The lowest BCUT2D eigenvalue weighted by Crippen LogP contribution is -1.98. The molecule has 5 N–H and O–H groups in total. The summed E-state index contributed by atoms with van der Waals surface area (Å²) in [6.07, 6.45) is 1.70. The van der Waals surface area contributed by atoms with Gasteiger partial charge in [-0.25, -0.2) is 4.98 Å². The molecule has 0 aliphatic carbocycles. The molecule has 0 aliphatic rings. The van der Waals surface area contributed by atoms with Crippen LogP contribution in [-0.4, -0.2) is 16.9 Å². The maximum Gasteiger partial charge on any atom is 0.189 e. The number of anilines is 2. The Kier molecular flexibility index (Phi) is 4.60. The van der Waals surface area contributed by atoms with Gasteiger partial charge in [0.25, 0.3) is 0 Å². The molecule has 122 valence electrons. The highest BCUT2D eigenvalue weighted by Gasteiger charge is 2.08. The van der Waals surface area contributed by atoms with Crippen LogP contribution in [0.1, 0.15) is 0 Å². The second-order valence-electron chi connectivity index (χ2n) is 5.14. The van der Waals surface area contributed by atoms with Crippen LogP contribution in [0.2, 0.25) is 0 Å². The number of aliphatic hydroxyl groups excluding tert-OH is 1. The van der Waals surface area contributed by atoms with E-state index in [0.717, 1.165) is 22.3 Å². The molecule has 0 amide bonds. The van der Waals surface area contributed by atoms with Crippen molar-refractivity contribution < 1.29 is 14.9 Å². The number of nitrogen functional groups attached to an aromatic ring is 2. The SMILES string of the molecule is Nc1ccc(-c2cc(-c3cccc(OOCO)c3)cnc2N)cc1. The van der Waals surface area contributed by atoms with Crippen LogP contribution in [0.15, 0.2) is 60.8 Å². The van der Waals surface area contributed by atoms with Crippen LogP contribution in [0.4, 0.5) is 11.5 Å². The molecule has 0 unspecified atom stereocenters. The molecule has 0 saturated carbocycles. The number of rotatable bonds is 5. The third kappa shape index (κ3) is 3.45. The quantitative estimate of drug-likeness (QED) is 0.289. The van der Waals surface area contributed by atoms with E-state index in [0.29, 0.717) is 17.3 Å². The third-order valence-electron chi connectivity index (χ3n) is 3.52.